The van der Waals surface area contributed by atoms with Gasteiger partial charge in [0.25, 0.3) is 0 Å². The Labute approximate surface area is 142 Å². The Bertz CT molecular complexity index is 867. The lowest BCUT2D eigenvalue weighted by Gasteiger charge is -2.36. The second-order valence-electron chi connectivity index (χ2n) is 5.90. The lowest BCUT2D eigenvalue weighted by molar-refractivity contribution is -0.125. The minimum Gasteiger partial charge on any atom is -0.278 e. The van der Waals surface area contributed by atoms with E-state index in [0.717, 1.165) is 23.7 Å². The predicted octanol–water partition coefficient (Wildman–Crippen LogP) is 4.09. The Morgan fingerprint density at radius 3 is 2.91 bits per heavy atom. The Hall–Kier alpha value is -1.85. The van der Waals surface area contributed by atoms with E-state index in [1.54, 1.807) is 23.1 Å². The molecule has 0 radical (unpaired) electrons. The first-order valence-corrected chi connectivity index (χ1v) is 9.58. The van der Waals surface area contributed by atoms with Crippen molar-refractivity contribution in [1.82, 2.24) is 4.90 Å². The van der Waals surface area contributed by atoms with Crippen molar-refractivity contribution < 1.29 is 4.79 Å². The molecule has 1 amide bonds. The van der Waals surface area contributed by atoms with E-state index in [4.69, 9.17) is 4.99 Å². The van der Waals surface area contributed by atoms with Crippen LogP contribution in [0.15, 0.2) is 52.3 Å². The van der Waals surface area contributed by atoms with Gasteiger partial charge in [-0.2, -0.15) is 0 Å². The second-order valence-corrected chi connectivity index (χ2v) is 7.82. The highest BCUT2D eigenvalue weighted by atomic mass is 32.2. The van der Waals surface area contributed by atoms with Gasteiger partial charge in [-0.05, 0) is 35.4 Å². The number of benzene rings is 1. The number of amidine groups is 1. The smallest absolute Gasteiger partial charge is 0.239 e. The Morgan fingerprint density at radius 2 is 2.04 bits per heavy atom. The number of rotatable bonds is 1. The number of carbonyl (C=O) groups is 1. The molecule has 2 aliphatic heterocycles. The third kappa shape index (κ3) is 1.96. The molecule has 1 unspecified atom stereocenters. The van der Waals surface area contributed by atoms with Gasteiger partial charge in [0.15, 0.2) is 5.17 Å². The fourth-order valence-electron chi connectivity index (χ4n) is 3.64. The quantitative estimate of drug-likeness (QED) is 0.784. The van der Waals surface area contributed by atoms with Crippen molar-refractivity contribution in [2.75, 3.05) is 5.75 Å². The molecular formula is C18H14N2OS2. The van der Waals surface area contributed by atoms with E-state index in [-0.39, 0.29) is 11.9 Å². The van der Waals surface area contributed by atoms with Gasteiger partial charge in [-0.1, -0.05) is 42.1 Å². The van der Waals surface area contributed by atoms with Gasteiger partial charge in [-0.15, -0.1) is 11.3 Å². The monoisotopic (exact) mass is 338 g/mol. The average molecular weight is 338 g/mol. The highest BCUT2D eigenvalue weighted by Crippen LogP contribution is 2.48. The van der Waals surface area contributed by atoms with E-state index >= 15 is 0 Å². The van der Waals surface area contributed by atoms with Crippen LogP contribution in [-0.4, -0.2) is 21.7 Å². The van der Waals surface area contributed by atoms with Crippen LogP contribution in [0.1, 0.15) is 28.5 Å². The van der Waals surface area contributed by atoms with E-state index in [2.05, 4.69) is 41.8 Å². The molecule has 5 rings (SSSR count). The van der Waals surface area contributed by atoms with Crippen LogP contribution >= 0.6 is 23.1 Å². The SMILES string of the molecule is O=C1CSC2=NC3=C(CCc4ccccc43)C(c3cccs3)N12. The number of hydrogen-bond acceptors (Lipinski definition) is 4. The van der Waals surface area contributed by atoms with Crippen molar-refractivity contribution in [3.63, 3.8) is 0 Å². The number of fused-ring (bicyclic) bond motifs is 3. The van der Waals surface area contributed by atoms with Crippen LogP contribution in [0.3, 0.4) is 0 Å². The van der Waals surface area contributed by atoms with E-state index in [9.17, 15) is 4.79 Å². The van der Waals surface area contributed by atoms with Gasteiger partial charge < -0.3 is 0 Å². The standard InChI is InChI=1S/C18H14N2OS2/c21-15-10-23-18-19-16-12-5-2-1-4-11(12)7-8-13(16)17(20(15)18)14-6-3-9-22-14/h1-6,9,17H,7-8,10H2. The maximum absolute atomic E-state index is 12.4. The Morgan fingerprint density at radius 1 is 1.13 bits per heavy atom. The first kappa shape index (κ1) is 13.6. The maximum Gasteiger partial charge on any atom is 0.239 e. The zero-order valence-corrected chi connectivity index (χ0v) is 14.0. The second kappa shape index (κ2) is 5.08. The van der Waals surface area contributed by atoms with Gasteiger partial charge >= 0.3 is 0 Å². The third-order valence-corrected chi connectivity index (χ3v) is 6.51. The molecule has 0 spiro atoms. The minimum absolute atomic E-state index is 0.0355. The highest BCUT2D eigenvalue weighted by Gasteiger charge is 2.42. The number of aliphatic imine (C=N–C) groups is 1. The van der Waals surface area contributed by atoms with Crippen molar-refractivity contribution in [2.24, 2.45) is 4.99 Å². The molecule has 5 heteroatoms. The van der Waals surface area contributed by atoms with Gasteiger partial charge in [0.1, 0.15) is 0 Å². The van der Waals surface area contributed by atoms with Crippen LogP contribution < -0.4 is 0 Å². The zero-order valence-electron chi connectivity index (χ0n) is 12.4. The summed E-state index contributed by atoms with van der Waals surface area (Å²) < 4.78 is 0. The summed E-state index contributed by atoms with van der Waals surface area (Å²) in [5, 5.41) is 2.95. The highest BCUT2D eigenvalue weighted by molar-refractivity contribution is 8.15. The number of nitrogens with zero attached hydrogens (tertiary/aromatic N) is 2. The van der Waals surface area contributed by atoms with Crippen LogP contribution in [0, 0.1) is 0 Å². The average Bonchev–Trinajstić information content (AvgIpc) is 3.23. The molecular weight excluding hydrogens is 324 g/mol. The molecule has 1 atom stereocenters. The summed E-state index contributed by atoms with van der Waals surface area (Å²) in [7, 11) is 0. The predicted molar refractivity (Wildman–Crippen MR) is 95.5 cm³/mol. The van der Waals surface area contributed by atoms with E-state index < -0.39 is 0 Å². The van der Waals surface area contributed by atoms with Gasteiger partial charge in [0.05, 0.1) is 17.5 Å². The Balaban J connectivity index is 1.75. The molecule has 0 N–H and O–H groups in total. The van der Waals surface area contributed by atoms with Crippen molar-refractivity contribution in [2.45, 2.75) is 18.9 Å². The molecule has 23 heavy (non-hydrogen) atoms. The van der Waals surface area contributed by atoms with Crippen molar-refractivity contribution in [1.29, 1.82) is 0 Å². The fraction of sp³-hybridized carbons (Fsp3) is 0.222. The number of aryl methyl sites for hydroxylation is 1. The first-order chi connectivity index (χ1) is 11.3. The minimum atomic E-state index is 0.0355. The number of thioether (sulfide) groups is 1. The van der Waals surface area contributed by atoms with E-state index in [1.165, 1.54) is 21.6 Å². The fourth-order valence-corrected chi connectivity index (χ4v) is 5.38. The van der Waals surface area contributed by atoms with Crippen molar-refractivity contribution in [3.8, 4) is 0 Å². The molecule has 1 saturated heterocycles. The van der Waals surface area contributed by atoms with Gasteiger partial charge in [-0.3, -0.25) is 9.69 Å². The zero-order chi connectivity index (χ0) is 15.4. The lowest BCUT2D eigenvalue weighted by Crippen LogP contribution is -2.37. The van der Waals surface area contributed by atoms with Gasteiger partial charge in [-0.25, -0.2) is 4.99 Å². The largest absolute Gasteiger partial charge is 0.278 e. The molecule has 0 bridgehead atoms. The van der Waals surface area contributed by atoms with E-state index in [1.807, 2.05) is 4.90 Å². The molecule has 0 saturated carbocycles. The third-order valence-electron chi connectivity index (χ3n) is 4.65. The summed E-state index contributed by atoms with van der Waals surface area (Å²) in [5.74, 6) is 0.681. The van der Waals surface area contributed by atoms with Crippen molar-refractivity contribution >= 4 is 39.9 Å². The summed E-state index contributed by atoms with van der Waals surface area (Å²) in [4.78, 5) is 20.5. The van der Waals surface area contributed by atoms with Crippen LogP contribution in [0.5, 0.6) is 0 Å². The lowest BCUT2D eigenvalue weighted by atomic mass is 9.84. The van der Waals surface area contributed by atoms with Crippen LogP contribution in [0.25, 0.3) is 5.70 Å². The summed E-state index contributed by atoms with van der Waals surface area (Å²) in [6.07, 6.45) is 2.00. The molecule has 3 aliphatic rings. The summed E-state index contributed by atoms with van der Waals surface area (Å²) in [6, 6.07) is 12.8. The number of hydrogen-bond donors (Lipinski definition) is 0. The van der Waals surface area contributed by atoms with Gasteiger partial charge in [0.2, 0.25) is 5.91 Å². The Kier molecular flexibility index (Phi) is 3.00. The number of carbonyl (C=O) groups excluding carboxylic acids is 1. The molecule has 1 aromatic heterocycles. The molecule has 1 aliphatic carbocycles. The molecule has 3 heterocycles. The first-order valence-electron chi connectivity index (χ1n) is 7.71. The maximum atomic E-state index is 12.4. The van der Waals surface area contributed by atoms with Crippen LogP contribution in [0.4, 0.5) is 0 Å². The summed E-state index contributed by atoms with van der Waals surface area (Å²) >= 11 is 3.29. The summed E-state index contributed by atoms with van der Waals surface area (Å²) in [5.41, 5.74) is 5.00. The van der Waals surface area contributed by atoms with Crippen molar-refractivity contribution in [3.05, 3.63) is 63.4 Å². The normalized spacial score (nSPS) is 22.6. The molecule has 114 valence electrons. The number of thiophene rings is 1. The van der Waals surface area contributed by atoms with Crippen LogP contribution in [0.2, 0.25) is 0 Å². The van der Waals surface area contributed by atoms with Gasteiger partial charge in [0, 0.05) is 10.4 Å². The number of amides is 1. The molecule has 1 fully saturated rings. The molecule has 1 aromatic carbocycles. The topological polar surface area (TPSA) is 32.7 Å². The van der Waals surface area contributed by atoms with Crippen LogP contribution in [-0.2, 0) is 11.2 Å². The summed E-state index contributed by atoms with van der Waals surface area (Å²) in [6.45, 7) is 0. The van der Waals surface area contributed by atoms with E-state index in [0.29, 0.717) is 5.75 Å². The molecule has 2 aromatic rings. The molecule has 3 nitrogen and oxygen atoms in total.